The third-order valence-corrected chi connectivity index (χ3v) is 4.00. The van der Waals surface area contributed by atoms with Crippen LogP contribution in [0, 0.1) is 0 Å². The summed E-state index contributed by atoms with van der Waals surface area (Å²) in [4.78, 5) is 12.4. The molecule has 0 spiro atoms. The molecular formula is C17H24N2O2. The smallest absolute Gasteiger partial charge is 0.188 e. The molecule has 1 aromatic rings. The molecular weight excluding hydrogens is 264 g/mol. The average Bonchev–Trinajstić information content (AvgIpc) is 3.14. The van der Waals surface area contributed by atoms with Crippen LogP contribution in [0.2, 0.25) is 0 Å². The molecule has 4 heteroatoms. The molecule has 1 heterocycles. The van der Waals surface area contributed by atoms with Crippen LogP contribution in [0.3, 0.4) is 0 Å². The van der Waals surface area contributed by atoms with Gasteiger partial charge < -0.3 is 5.11 Å². The number of benzene rings is 1. The molecule has 0 amide bonds. The maximum absolute atomic E-state index is 12.4. The topological polar surface area (TPSA) is 62.0 Å². The molecule has 0 unspecified atom stereocenters. The number of hydrogen-bond donors (Lipinski definition) is 1. The molecule has 0 atom stereocenters. The van der Waals surface area contributed by atoms with E-state index in [1.807, 2.05) is 46.8 Å². The van der Waals surface area contributed by atoms with Gasteiger partial charge in [-0.2, -0.15) is 10.2 Å². The van der Waals surface area contributed by atoms with Gasteiger partial charge in [0, 0.05) is 18.4 Å². The van der Waals surface area contributed by atoms with Crippen molar-refractivity contribution >= 4 is 5.78 Å². The first-order valence-corrected chi connectivity index (χ1v) is 7.57. The van der Waals surface area contributed by atoms with Crippen LogP contribution < -0.4 is 0 Å². The number of phenolic OH excluding ortho intramolecular Hbond substituents is 1. The number of hydrogen-bond acceptors (Lipinski definition) is 4. The summed E-state index contributed by atoms with van der Waals surface area (Å²) in [5.41, 5.74) is 2.03. The van der Waals surface area contributed by atoms with Gasteiger partial charge in [0.2, 0.25) is 0 Å². The van der Waals surface area contributed by atoms with Gasteiger partial charge in [0.05, 0.1) is 0 Å². The van der Waals surface area contributed by atoms with Gasteiger partial charge in [0.15, 0.2) is 11.4 Å². The number of aromatic hydroxyl groups is 1. The zero-order valence-electron chi connectivity index (χ0n) is 13.5. The van der Waals surface area contributed by atoms with E-state index in [2.05, 4.69) is 10.2 Å². The van der Waals surface area contributed by atoms with E-state index in [-0.39, 0.29) is 23.3 Å². The van der Waals surface area contributed by atoms with Crippen molar-refractivity contribution in [2.45, 2.75) is 65.0 Å². The molecule has 0 radical (unpaired) electrons. The first kappa shape index (κ1) is 15.7. The predicted molar refractivity (Wildman–Crippen MR) is 83.1 cm³/mol. The van der Waals surface area contributed by atoms with Crippen LogP contribution in [0.4, 0.5) is 0 Å². The summed E-state index contributed by atoms with van der Waals surface area (Å²) < 4.78 is 0. The highest BCUT2D eigenvalue weighted by molar-refractivity contribution is 5.96. The van der Waals surface area contributed by atoms with Crippen molar-refractivity contribution in [3.05, 3.63) is 28.8 Å². The molecule has 0 aliphatic carbocycles. The second-order valence-corrected chi connectivity index (χ2v) is 6.65. The minimum Gasteiger partial charge on any atom is -0.507 e. The van der Waals surface area contributed by atoms with Gasteiger partial charge >= 0.3 is 0 Å². The second-order valence-electron chi connectivity index (χ2n) is 6.65. The quantitative estimate of drug-likeness (QED) is 0.765. The molecule has 1 N–H and O–H groups in total. The minimum absolute atomic E-state index is 0.0947. The molecule has 4 nitrogen and oxygen atoms in total. The van der Waals surface area contributed by atoms with Gasteiger partial charge in [-0.25, -0.2) is 0 Å². The lowest BCUT2D eigenvalue weighted by Crippen LogP contribution is -2.10. The van der Waals surface area contributed by atoms with Crippen LogP contribution in [-0.2, 0) is 0 Å². The van der Waals surface area contributed by atoms with E-state index in [1.54, 1.807) is 0 Å². The van der Waals surface area contributed by atoms with Crippen LogP contribution >= 0.6 is 0 Å². The molecule has 0 saturated heterocycles. The zero-order chi connectivity index (χ0) is 15.8. The van der Waals surface area contributed by atoms with E-state index in [9.17, 15) is 9.90 Å². The maximum Gasteiger partial charge on any atom is 0.188 e. The summed E-state index contributed by atoms with van der Waals surface area (Å²) in [5.74, 6) is 0.787. The lowest BCUT2D eigenvalue weighted by Gasteiger charge is -2.17. The molecule has 1 aliphatic heterocycles. The summed E-state index contributed by atoms with van der Waals surface area (Å²) in [6.07, 6.45) is 1.09. The second kappa shape index (κ2) is 5.58. The van der Waals surface area contributed by atoms with Crippen molar-refractivity contribution in [2.24, 2.45) is 10.2 Å². The Bertz CT molecular complexity index is 553. The fourth-order valence-corrected chi connectivity index (χ4v) is 2.40. The molecule has 1 aromatic carbocycles. The molecule has 21 heavy (non-hydrogen) atoms. The van der Waals surface area contributed by atoms with Gasteiger partial charge in [-0.3, -0.25) is 4.79 Å². The van der Waals surface area contributed by atoms with Gasteiger partial charge in [0.1, 0.15) is 5.75 Å². The maximum atomic E-state index is 12.4. The van der Waals surface area contributed by atoms with Crippen LogP contribution in [0.25, 0.3) is 0 Å². The third kappa shape index (κ3) is 3.49. The summed E-state index contributed by atoms with van der Waals surface area (Å²) >= 11 is 0. The van der Waals surface area contributed by atoms with Gasteiger partial charge in [-0.1, -0.05) is 27.7 Å². The summed E-state index contributed by atoms with van der Waals surface area (Å²) in [6, 6.07) is 3.66. The number of carbonyl (C=O) groups excluding carboxylic acids is 1. The largest absolute Gasteiger partial charge is 0.507 e. The Morgan fingerprint density at radius 1 is 1.14 bits per heavy atom. The van der Waals surface area contributed by atoms with Crippen LogP contribution in [-0.4, -0.2) is 16.6 Å². The zero-order valence-corrected chi connectivity index (χ0v) is 13.5. The number of nitrogens with zero attached hydrogens (tertiary/aromatic N) is 2. The Morgan fingerprint density at radius 3 is 2.00 bits per heavy atom. The highest BCUT2D eigenvalue weighted by Gasteiger charge is 2.34. The fraction of sp³-hybridized carbons (Fsp3) is 0.588. The van der Waals surface area contributed by atoms with E-state index >= 15 is 0 Å². The molecule has 1 aliphatic rings. The van der Waals surface area contributed by atoms with E-state index in [1.165, 1.54) is 0 Å². The lowest BCUT2D eigenvalue weighted by atomic mass is 9.89. The van der Waals surface area contributed by atoms with Gasteiger partial charge in [-0.05, 0) is 42.0 Å². The normalized spacial score (nSPS) is 15.8. The van der Waals surface area contributed by atoms with Crippen molar-refractivity contribution in [3.8, 4) is 5.75 Å². The molecule has 114 valence electrons. The SMILES string of the molecule is CC(C)c1cc(C(=O)CCC2(C)N=N2)cc(C(C)C)c1O. The first-order valence-electron chi connectivity index (χ1n) is 7.57. The summed E-state index contributed by atoms with van der Waals surface area (Å²) in [7, 11) is 0. The van der Waals surface area contributed by atoms with Crippen molar-refractivity contribution in [1.29, 1.82) is 0 Å². The van der Waals surface area contributed by atoms with E-state index in [0.29, 0.717) is 24.2 Å². The number of phenols is 1. The number of rotatable bonds is 6. The molecule has 2 rings (SSSR count). The van der Waals surface area contributed by atoms with Gasteiger partial charge in [-0.15, -0.1) is 0 Å². The van der Waals surface area contributed by atoms with Crippen molar-refractivity contribution < 1.29 is 9.90 Å². The van der Waals surface area contributed by atoms with Crippen LogP contribution in [0.15, 0.2) is 22.4 Å². The highest BCUT2D eigenvalue weighted by Crippen LogP contribution is 2.36. The van der Waals surface area contributed by atoms with E-state index in [4.69, 9.17) is 0 Å². The van der Waals surface area contributed by atoms with Crippen molar-refractivity contribution in [2.75, 3.05) is 0 Å². The standard InChI is InChI=1S/C17H24N2O2/c1-10(2)13-8-12(9-14(11(3)4)16(13)21)15(20)6-7-17(5)18-19-17/h8-11,21H,6-7H2,1-5H3. The molecule has 0 bridgehead atoms. The fourth-order valence-electron chi connectivity index (χ4n) is 2.40. The number of carbonyl (C=O) groups is 1. The Labute approximate surface area is 126 Å². The molecule has 0 fully saturated rings. The van der Waals surface area contributed by atoms with Crippen molar-refractivity contribution in [1.82, 2.24) is 0 Å². The molecule has 0 saturated carbocycles. The average molecular weight is 288 g/mol. The summed E-state index contributed by atoms with van der Waals surface area (Å²) in [6.45, 7) is 10.0. The predicted octanol–water partition coefficient (Wildman–Crippen LogP) is 4.78. The summed E-state index contributed by atoms with van der Waals surface area (Å²) in [5, 5.41) is 18.2. The molecule has 0 aromatic heterocycles. The first-order chi connectivity index (χ1) is 9.73. The van der Waals surface area contributed by atoms with Crippen LogP contribution in [0.1, 0.15) is 80.8 Å². The Balaban J connectivity index is 2.27. The van der Waals surface area contributed by atoms with Gasteiger partial charge in [0.25, 0.3) is 0 Å². The van der Waals surface area contributed by atoms with E-state index < -0.39 is 0 Å². The lowest BCUT2D eigenvalue weighted by molar-refractivity contribution is 0.0975. The highest BCUT2D eigenvalue weighted by atomic mass is 16.3. The Kier molecular flexibility index (Phi) is 4.17. The van der Waals surface area contributed by atoms with Crippen LogP contribution in [0.5, 0.6) is 5.75 Å². The number of ketones is 1. The number of Topliss-reactive ketones (excluding diaryl/α,β-unsaturated/α-hetero) is 1. The third-order valence-electron chi connectivity index (χ3n) is 4.00. The Morgan fingerprint density at radius 2 is 1.62 bits per heavy atom. The monoisotopic (exact) mass is 288 g/mol. The Hall–Kier alpha value is -1.71. The van der Waals surface area contributed by atoms with E-state index in [0.717, 1.165) is 11.1 Å². The minimum atomic E-state index is -0.339. The van der Waals surface area contributed by atoms with Crippen molar-refractivity contribution in [3.63, 3.8) is 0 Å².